The lowest BCUT2D eigenvalue weighted by Crippen LogP contribution is -2.39. The number of nitriles is 1. The Balaban J connectivity index is 1.77. The molecule has 2 fully saturated rings. The van der Waals surface area contributed by atoms with Crippen LogP contribution in [0.15, 0.2) is 54.6 Å². The molecule has 1 heterocycles. The minimum Gasteiger partial charge on any atom is -0.395 e. The lowest BCUT2D eigenvalue weighted by molar-refractivity contribution is 0.257. The standard InChI is InChI=1S/C25H31N3OS/c1-4-5-6-22(19(2)16-26)20-7-9-21(10-8-20)25(11-12-25)17-28-13-14-30-24(3,18-29)15-23(28)27/h4-10,27,29H,2,11-15,17-18H2,1,3H3/b5-4-,22-6+,27-23?. The molecule has 1 aromatic rings. The average molecular weight is 422 g/mol. The highest BCUT2D eigenvalue weighted by Crippen LogP contribution is 2.49. The van der Waals surface area contributed by atoms with Gasteiger partial charge in [0.2, 0.25) is 0 Å². The van der Waals surface area contributed by atoms with Crippen LogP contribution in [-0.2, 0) is 5.41 Å². The van der Waals surface area contributed by atoms with Crippen LogP contribution in [0.25, 0.3) is 5.57 Å². The van der Waals surface area contributed by atoms with Gasteiger partial charge in [0.05, 0.1) is 24.1 Å². The highest BCUT2D eigenvalue weighted by molar-refractivity contribution is 8.00. The number of aliphatic hydroxyl groups excluding tert-OH is 1. The summed E-state index contributed by atoms with van der Waals surface area (Å²) in [6, 6.07) is 10.7. The molecule has 1 atom stereocenters. The van der Waals surface area contributed by atoms with Crippen molar-refractivity contribution in [2.75, 3.05) is 25.4 Å². The number of hydrogen-bond acceptors (Lipinski definition) is 4. The van der Waals surface area contributed by atoms with Gasteiger partial charge in [-0.1, -0.05) is 49.1 Å². The average Bonchev–Trinajstić information content (AvgIpc) is 3.55. The van der Waals surface area contributed by atoms with E-state index in [-0.39, 0.29) is 16.8 Å². The van der Waals surface area contributed by atoms with Gasteiger partial charge in [-0.15, -0.1) is 0 Å². The van der Waals surface area contributed by atoms with Gasteiger partial charge in [0.25, 0.3) is 0 Å². The first-order valence-electron chi connectivity index (χ1n) is 10.5. The van der Waals surface area contributed by atoms with Crippen LogP contribution in [0.5, 0.6) is 0 Å². The first kappa shape index (κ1) is 22.4. The Morgan fingerprint density at radius 2 is 2.07 bits per heavy atom. The highest BCUT2D eigenvalue weighted by atomic mass is 32.2. The van der Waals surface area contributed by atoms with Gasteiger partial charge in [0, 0.05) is 35.4 Å². The fraction of sp³-hybridized carbons (Fsp3) is 0.440. The van der Waals surface area contributed by atoms with Gasteiger partial charge >= 0.3 is 0 Å². The zero-order valence-electron chi connectivity index (χ0n) is 17.9. The molecule has 3 rings (SSSR count). The summed E-state index contributed by atoms with van der Waals surface area (Å²) in [4.78, 5) is 2.21. The monoisotopic (exact) mass is 421 g/mol. The number of allylic oxidation sites excluding steroid dienone is 5. The van der Waals surface area contributed by atoms with Crippen LogP contribution in [0.4, 0.5) is 0 Å². The molecule has 2 aliphatic rings. The van der Waals surface area contributed by atoms with Crippen LogP contribution < -0.4 is 0 Å². The van der Waals surface area contributed by atoms with Crippen molar-refractivity contribution >= 4 is 23.2 Å². The molecular formula is C25H31N3OS. The Bertz CT molecular complexity index is 905. The molecule has 0 radical (unpaired) electrons. The molecular weight excluding hydrogens is 390 g/mol. The SMILES string of the molecule is C=C(C#N)/C(=C\C=C/C)c1ccc(C2(CN3CCSC(C)(CO)CC3=N)CC2)cc1. The summed E-state index contributed by atoms with van der Waals surface area (Å²) in [6.45, 7) is 9.71. The molecule has 0 aromatic heterocycles. The Morgan fingerprint density at radius 1 is 1.37 bits per heavy atom. The summed E-state index contributed by atoms with van der Waals surface area (Å²) in [5, 5.41) is 27.6. The van der Waals surface area contributed by atoms with Crippen molar-refractivity contribution in [3.8, 4) is 6.07 Å². The maximum absolute atomic E-state index is 9.71. The van der Waals surface area contributed by atoms with E-state index >= 15 is 0 Å². The number of thioether (sulfide) groups is 1. The van der Waals surface area contributed by atoms with Gasteiger partial charge in [-0.3, -0.25) is 5.41 Å². The van der Waals surface area contributed by atoms with Gasteiger partial charge in [0.1, 0.15) is 0 Å². The van der Waals surface area contributed by atoms with Crippen LogP contribution in [0.2, 0.25) is 0 Å². The summed E-state index contributed by atoms with van der Waals surface area (Å²) in [5.41, 5.74) is 3.71. The number of nitrogens with one attached hydrogen (secondary N) is 1. The first-order valence-corrected chi connectivity index (χ1v) is 11.5. The molecule has 0 bridgehead atoms. The molecule has 1 aliphatic heterocycles. The topological polar surface area (TPSA) is 71.1 Å². The number of amidine groups is 1. The van der Waals surface area contributed by atoms with Crippen molar-refractivity contribution in [1.82, 2.24) is 4.90 Å². The minimum atomic E-state index is -0.247. The molecule has 1 aliphatic carbocycles. The van der Waals surface area contributed by atoms with E-state index in [1.165, 1.54) is 5.56 Å². The number of rotatable bonds is 7. The molecule has 30 heavy (non-hydrogen) atoms. The smallest absolute Gasteiger partial charge is 0.0991 e. The number of aliphatic hydroxyl groups is 1. The summed E-state index contributed by atoms with van der Waals surface area (Å²) in [6.07, 6.45) is 8.67. The Labute approximate surface area is 184 Å². The fourth-order valence-corrected chi connectivity index (χ4v) is 5.15. The predicted octanol–water partition coefficient (Wildman–Crippen LogP) is 4.92. The summed E-state index contributed by atoms with van der Waals surface area (Å²) in [7, 11) is 0. The molecule has 1 unspecified atom stereocenters. The van der Waals surface area contributed by atoms with Gasteiger partial charge in [-0.2, -0.15) is 17.0 Å². The molecule has 1 aromatic carbocycles. The molecule has 4 nitrogen and oxygen atoms in total. The number of hydrogen-bond donors (Lipinski definition) is 2. The second kappa shape index (κ2) is 9.24. The van der Waals surface area contributed by atoms with Crippen LogP contribution in [-0.4, -0.2) is 46.0 Å². The van der Waals surface area contributed by atoms with E-state index in [4.69, 9.17) is 5.41 Å². The van der Waals surface area contributed by atoms with Crippen LogP contribution in [0, 0.1) is 16.7 Å². The normalized spacial score (nSPS) is 23.9. The number of benzene rings is 1. The van der Waals surface area contributed by atoms with E-state index in [1.54, 1.807) is 11.8 Å². The molecule has 2 N–H and O–H groups in total. The lowest BCUT2D eigenvalue weighted by atomic mass is 9.91. The van der Waals surface area contributed by atoms with Crippen molar-refractivity contribution in [1.29, 1.82) is 10.7 Å². The Morgan fingerprint density at radius 3 is 2.63 bits per heavy atom. The molecule has 1 saturated carbocycles. The van der Waals surface area contributed by atoms with Crippen molar-refractivity contribution in [2.24, 2.45) is 0 Å². The van der Waals surface area contributed by atoms with E-state index in [1.807, 2.05) is 25.2 Å². The second-order valence-corrected chi connectivity index (χ2v) is 10.2. The third-order valence-electron chi connectivity index (χ3n) is 6.14. The fourth-order valence-electron chi connectivity index (χ4n) is 4.01. The van der Waals surface area contributed by atoms with Crippen LogP contribution in [0.3, 0.4) is 0 Å². The Kier molecular flexibility index (Phi) is 6.90. The lowest BCUT2D eigenvalue weighted by Gasteiger charge is -2.30. The quantitative estimate of drug-likeness (QED) is 0.484. The third-order valence-corrected chi connectivity index (χ3v) is 7.50. The molecule has 1 saturated heterocycles. The highest BCUT2D eigenvalue weighted by Gasteiger charge is 2.46. The summed E-state index contributed by atoms with van der Waals surface area (Å²) in [5.74, 6) is 1.57. The van der Waals surface area contributed by atoms with Crippen molar-refractivity contribution in [3.63, 3.8) is 0 Å². The maximum Gasteiger partial charge on any atom is 0.0991 e. The molecule has 0 amide bonds. The number of nitrogens with zero attached hydrogens (tertiary/aromatic N) is 2. The molecule has 158 valence electrons. The Hall–Kier alpha value is -2.29. The first-order chi connectivity index (χ1) is 14.4. The van der Waals surface area contributed by atoms with Crippen molar-refractivity contribution in [3.05, 3.63) is 65.8 Å². The zero-order chi connectivity index (χ0) is 21.8. The second-order valence-electron chi connectivity index (χ2n) is 8.56. The zero-order valence-corrected chi connectivity index (χ0v) is 18.8. The summed E-state index contributed by atoms with van der Waals surface area (Å²) >= 11 is 1.77. The van der Waals surface area contributed by atoms with Crippen LogP contribution in [0.1, 0.15) is 44.2 Å². The molecule has 0 spiro atoms. The van der Waals surface area contributed by atoms with Crippen molar-refractivity contribution < 1.29 is 5.11 Å². The third kappa shape index (κ3) is 4.88. The van der Waals surface area contributed by atoms with E-state index in [2.05, 4.69) is 48.7 Å². The largest absolute Gasteiger partial charge is 0.395 e. The minimum absolute atomic E-state index is 0.106. The molecule has 5 heteroatoms. The maximum atomic E-state index is 9.71. The predicted molar refractivity (Wildman–Crippen MR) is 127 cm³/mol. The van der Waals surface area contributed by atoms with Gasteiger partial charge in [-0.25, -0.2) is 0 Å². The van der Waals surface area contributed by atoms with Crippen molar-refractivity contribution in [2.45, 2.75) is 43.3 Å². The van der Waals surface area contributed by atoms with E-state index in [0.717, 1.165) is 42.8 Å². The van der Waals surface area contributed by atoms with Gasteiger partial charge in [-0.05, 0) is 43.4 Å². The van der Waals surface area contributed by atoms with Gasteiger partial charge in [0.15, 0.2) is 0 Å². The van der Waals surface area contributed by atoms with E-state index < -0.39 is 0 Å². The summed E-state index contributed by atoms with van der Waals surface area (Å²) < 4.78 is -0.247. The van der Waals surface area contributed by atoms with E-state index in [9.17, 15) is 10.4 Å². The van der Waals surface area contributed by atoms with Gasteiger partial charge < -0.3 is 10.0 Å². The van der Waals surface area contributed by atoms with E-state index in [0.29, 0.717) is 17.8 Å². The van der Waals surface area contributed by atoms with Crippen LogP contribution >= 0.6 is 11.8 Å².